The van der Waals surface area contributed by atoms with Crippen LogP contribution >= 0.6 is 11.3 Å². The first-order valence-corrected chi connectivity index (χ1v) is 10.2. The molecule has 1 heterocycles. The summed E-state index contributed by atoms with van der Waals surface area (Å²) >= 11 is 1.39. The third-order valence-corrected chi connectivity index (χ3v) is 5.31. The fourth-order valence-electron chi connectivity index (χ4n) is 2.78. The van der Waals surface area contributed by atoms with Crippen molar-refractivity contribution >= 4 is 44.9 Å². The van der Waals surface area contributed by atoms with Gasteiger partial charge in [-0.1, -0.05) is 72.0 Å². The lowest BCUT2D eigenvalue weighted by Crippen LogP contribution is -2.23. The topological polar surface area (TPSA) is 54.8 Å². The molecular weight excluding hydrogens is 394 g/mol. The first kappa shape index (κ1) is 19.5. The third-order valence-electron chi connectivity index (χ3n) is 4.31. The predicted octanol–water partition coefficient (Wildman–Crippen LogP) is 5.39. The molecule has 0 spiro atoms. The standard InChI is InChI=1S/C24H19N3O2S/c1-29-20-13-14-21-22(16-20)30-24(26-21)27(25-17-19-10-6-3-7-11-19)23(28)15-12-18-8-4-2-5-9-18/h2-17H,1H3/b15-12+,25-17+. The fraction of sp³-hybridized carbons (Fsp3) is 0.0417. The molecule has 0 bridgehead atoms. The second-order valence-electron chi connectivity index (χ2n) is 6.38. The number of rotatable bonds is 6. The minimum atomic E-state index is -0.281. The number of ether oxygens (including phenoxy) is 1. The highest BCUT2D eigenvalue weighted by molar-refractivity contribution is 7.22. The van der Waals surface area contributed by atoms with Gasteiger partial charge < -0.3 is 4.74 Å². The van der Waals surface area contributed by atoms with E-state index in [1.54, 1.807) is 19.4 Å². The summed E-state index contributed by atoms with van der Waals surface area (Å²) in [6.07, 6.45) is 4.93. The molecule has 4 rings (SSSR count). The van der Waals surface area contributed by atoms with Crippen molar-refractivity contribution in [2.45, 2.75) is 0 Å². The highest BCUT2D eigenvalue weighted by Gasteiger charge is 2.17. The number of fused-ring (bicyclic) bond motifs is 1. The van der Waals surface area contributed by atoms with Gasteiger partial charge >= 0.3 is 0 Å². The Morgan fingerprint density at radius 2 is 1.70 bits per heavy atom. The van der Waals surface area contributed by atoms with Gasteiger partial charge in [-0.2, -0.15) is 10.1 Å². The van der Waals surface area contributed by atoms with Gasteiger partial charge in [0.1, 0.15) is 5.75 Å². The number of nitrogens with zero attached hydrogens (tertiary/aromatic N) is 3. The number of carbonyl (C=O) groups excluding carboxylic acids is 1. The Bertz CT molecular complexity index is 1200. The zero-order valence-corrected chi connectivity index (χ0v) is 17.1. The molecule has 148 valence electrons. The Labute approximate surface area is 178 Å². The van der Waals surface area contributed by atoms with Crippen molar-refractivity contribution in [3.63, 3.8) is 0 Å². The van der Waals surface area contributed by atoms with Gasteiger partial charge in [0.25, 0.3) is 5.91 Å². The normalized spacial score (nSPS) is 11.4. The quantitative estimate of drug-likeness (QED) is 0.242. The molecule has 0 radical (unpaired) electrons. The average Bonchev–Trinajstić information content (AvgIpc) is 3.22. The van der Waals surface area contributed by atoms with Crippen LogP contribution in [0, 0.1) is 0 Å². The zero-order chi connectivity index (χ0) is 20.8. The molecule has 0 aliphatic carbocycles. The minimum absolute atomic E-state index is 0.281. The highest BCUT2D eigenvalue weighted by Crippen LogP contribution is 2.31. The number of hydrogen-bond acceptors (Lipinski definition) is 5. The smallest absolute Gasteiger partial charge is 0.273 e. The fourth-order valence-corrected chi connectivity index (χ4v) is 3.73. The van der Waals surface area contributed by atoms with Crippen LogP contribution in [-0.2, 0) is 4.79 Å². The van der Waals surface area contributed by atoms with Crippen molar-refractivity contribution in [2.24, 2.45) is 5.10 Å². The molecule has 0 aliphatic rings. The lowest BCUT2D eigenvalue weighted by molar-refractivity contribution is -0.114. The number of methoxy groups -OCH3 is 1. The van der Waals surface area contributed by atoms with Gasteiger partial charge in [0.2, 0.25) is 5.13 Å². The molecule has 0 saturated heterocycles. The van der Waals surface area contributed by atoms with Crippen LogP contribution in [0.3, 0.4) is 0 Å². The van der Waals surface area contributed by atoms with Crippen LogP contribution in [0.4, 0.5) is 5.13 Å². The van der Waals surface area contributed by atoms with Gasteiger partial charge in [-0.25, -0.2) is 4.98 Å². The van der Waals surface area contributed by atoms with Gasteiger partial charge in [-0.15, -0.1) is 0 Å². The van der Waals surface area contributed by atoms with Crippen molar-refractivity contribution in [1.82, 2.24) is 4.98 Å². The molecule has 0 aliphatic heterocycles. The number of hydrogen-bond donors (Lipinski definition) is 0. The lowest BCUT2D eigenvalue weighted by Gasteiger charge is -2.11. The van der Waals surface area contributed by atoms with Gasteiger partial charge in [-0.05, 0) is 35.4 Å². The van der Waals surface area contributed by atoms with E-state index < -0.39 is 0 Å². The van der Waals surface area contributed by atoms with Crippen LogP contribution in [-0.4, -0.2) is 24.2 Å². The zero-order valence-electron chi connectivity index (χ0n) is 16.3. The molecule has 30 heavy (non-hydrogen) atoms. The first-order chi connectivity index (χ1) is 14.7. The maximum absolute atomic E-state index is 13.0. The van der Waals surface area contributed by atoms with Crippen molar-refractivity contribution in [3.8, 4) is 5.75 Å². The van der Waals surface area contributed by atoms with E-state index in [1.165, 1.54) is 22.4 Å². The van der Waals surface area contributed by atoms with Crippen LogP contribution in [0.1, 0.15) is 11.1 Å². The molecule has 0 N–H and O–H groups in total. The summed E-state index contributed by atoms with van der Waals surface area (Å²) < 4.78 is 6.21. The van der Waals surface area contributed by atoms with E-state index in [0.29, 0.717) is 5.13 Å². The van der Waals surface area contributed by atoms with Crippen molar-refractivity contribution in [2.75, 3.05) is 12.1 Å². The molecule has 0 fully saturated rings. The Balaban J connectivity index is 1.68. The van der Waals surface area contributed by atoms with E-state index in [1.807, 2.05) is 78.9 Å². The van der Waals surface area contributed by atoms with Crippen LogP contribution in [0.2, 0.25) is 0 Å². The average molecular weight is 414 g/mol. The Kier molecular flexibility index (Phi) is 5.96. The second kappa shape index (κ2) is 9.15. The third kappa shape index (κ3) is 4.61. The molecule has 0 saturated carbocycles. The second-order valence-corrected chi connectivity index (χ2v) is 7.39. The van der Waals surface area contributed by atoms with E-state index >= 15 is 0 Å². The summed E-state index contributed by atoms with van der Waals surface area (Å²) in [6.45, 7) is 0. The van der Waals surface area contributed by atoms with Crippen LogP contribution in [0.5, 0.6) is 5.75 Å². The van der Waals surface area contributed by atoms with Gasteiger partial charge in [0.05, 0.1) is 23.5 Å². The predicted molar refractivity (Wildman–Crippen MR) is 123 cm³/mol. The minimum Gasteiger partial charge on any atom is -0.497 e. The van der Waals surface area contributed by atoms with Crippen LogP contribution in [0.15, 0.2) is 90.0 Å². The largest absolute Gasteiger partial charge is 0.497 e. The summed E-state index contributed by atoms with van der Waals surface area (Å²) in [5.41, 5.74) is 2.62. The molecule has 4 aromatic rings. The van der Waals surface area contributed by atoms with Crippen molar-refractivity contribution in [3.05, 3.63) is 96.1 Å². The number of benzene rings is 3. The van der Waals surface area contributed by atoms with E-state index in [9.17, 15) is 4.79 Å². The van der Waals surface area contributed by atoms with Crippen LogP contribution < -0.4 is 9.75 Å². The summed E-state index contributed by atoms with van der Waals surface area (Å²) in [6, 6.07) is 24.9. The summed E-state index contributed by atoms with van der Waals surface area (Å²) in [4.78, 5) is 17.6. The molecule has 0 unspecified atom stereocenters. The number of carbonyl (C=O) groups is 1. The molecule has 3 aromatic carbocycles. The first-order valence-electron chi connectivity index (χ1n) is 9.34. The Hall–Kier alpha value is -3.77. The summed E-state index contributed by atoms with van der Waals surface area (Å²) in [7, 11) is 1.62. The van der Waals surface area contributed by atoms with Crippen LogP contribution in [0.25, 0.3) is 16.3 Å². The molecule has 0 atom stereocenters. The monoisotopic (exact) mass is 413 g/mol. The summed E-state index contributed by atoms with van der Waals surface area (Å²) in [5, 5.41) is 6.26. The number of anilines is 1. The molecule has 6 heteroatoms. The van der Waals surface area contributed by atoms with Crippen molar-refractivity contribution < 1.29 is 9.53 Å². The Morgan fingerprint density at radius 3 is 2.40 bits per heavy atom. The number of amides is 1. The number of aromatic nitrogens is 1. The van der Waals surface area contributed by atoms with Gasteiger partial charge in [0.15, 0.2) is 0 Å². The number of thiazole rings is 1. The van der Waals surface area contributed by atoms with E-state index in [0.717, 1.165) is 27.1 Å². The van der Waals surface area contributed by atoms with Gasteiger partial charge in [0, 0.05) is 6.08 Å². The maximum atomic E-state index is 13.0. The van der Waals surface area contributed by atoms with Gasteiger partial charge in [-0.3, -0.25) is 4.79 Å². The molecular formula is C24H19N3O2S. The summed E-state index contributed by atoms with van der Waals surface area (Å²) in [5.74, 6) is 0.462. The molecule has 1 amide bonds. The van der Waals surface area contributed by atoms with E-state index in [-0.39, 0.29) is 5.91 Å². The molecule has 5 nitrogen and oxygen atoms in total. The SMILES string of the molecule is COc1ccc2nc(N(/N=C/c3ccccc3)C(=O)/C=C/c3ccccc3)sc2c1. The van der Waals surface area contributed by atoms with Crippen molar-refractivity contribution in [1.29, 1.82) is 0 Å². The van der Waals surface area contributed by atoms with E-state index in [4.69, 9.17) is 4.74 Å². The van der Waals surface area contributed by atoms with E-state index in [2.05, 4.69) is 10.1 Å². The maximum Gasteiger partial charge on any atom is 0.273 e. The lowest BCUT2D eigenvalue weighted by atomic mass is 10.2. The molecule has 1 aromatic heterocycles. The number of hydrazone groups is 1. The highest BCUT2D eigenvalue weighted by atomic mass is 32.1. The Morgan fingerprint density at radius 1 is 1.00 bits per heavy atom.